The normalized spacial score (nSPS) is 32.3. The summed E-state index contributed by atoms with van der Waals surface area (Å²) in [6.07, 6.45) is 6.63. The third-order valence-electron chi connectivity index (χ3n) is 5.03. The molecule has 0 aromatic carbocycles. The molecule has 2 aliphatic rings. The Bertz CT molecular complexity index is 343. The largest absolute Gasteiger partial charge is 0.469 e. The lowest BCUT2D eigenvalue weighted by atomic mass is 9.84. The minimum Gasteiger partial charge on any atom is -0.469 e. The molecule has 2 rings (SSSR count). The number of hydrogen-bond donors (Lipinski definition) is 1. The molecule has 4 nitrogen and oxygen atoms in total. The number of aliphatic hydroxyl groups excluding tert-OH is 1. The van der Waals surface area contributed by atoms with Gasteiger partial charge in [-0.2, -0.15) is 0 Å². The van der Waals surface area contributed by atoms with Crippen LogP contribution in [0.15, 0.2) is 0 Å². The van der Waals surface area contributed by atoms with Crippen LogP contribution in [0, 0.1) is 11.3 Å². The van der Waals surface area contributed by atoms with Crippen LogP contribution in [0.25, 0.3) is 0 Å². The fourth-order valence-corrected chi connectivity index (χ4v) is 3.96. The van der Waals surface area contributed by atoms with Crippen molar-refractivity contribution in [3.63, 3.8) is 0 Å². The lowest BCUT2D eigenvalue weighted by Crippen LogP contribution is -2.51. The van der Waals surface area contributed by atoms with Crippen molar-refractivity contribution in [3.05, 3.63) is 0 Å². The van der Waals surface area contributed by atoms with E-state index in [-0.39, 0.29) is 12.1 Å². The Kier molecular flexibility index (Phi) is 5.08. The van der Waals surface area contributed by atoms with Crippen molar-refractivity contribution < 1.29 is 14.6 Å². The van der Waals surface area contributed by atoms with Crippen LogP contribution in [-0.4, -0.2) is 48.3 Å². The molecule has 0 bridgehead atoms. The molecule has 3 atom stereocenters. The Morgan fingerprint density at radius 1 is 1.25 bits per heavy atom. The van der Waals surface area contributed by atoms with E-state index in [1.54, 1.807) is 0 Å². The predicted molar refractivity (Wildman–Crippen MR) is 78.4 cm³/mol. The molecule has 20 heavy (non-hydrogen) atoms. The van der Waals surface area contributed by atoms with Gasteiger partial charge in [-0.05, 0) is 46.1 Å². The number of carbonyl (C=O) groups is 1. The molecule has 3 unspecified atom stereocenters. The van der Waals surface area contributed by atoms with Gasteiger partial charge < -0.3 is 9.84 Å². The van der Waals surface area contributed by atoms with Gasteiger partial charge in [0.25, 0.3) is 0 Å². The van der Waals surface area contributed by atoms with Gasteiger partial charge in [0.1, 0.15) is 0 Å². The molecule has 0 aromatic rings. The third-order valence-corrected chi connectivity index (χ3v) is 5.03. The molecule has 116 valence electrons. The predicted octanol–water partition coefficient (Wildman–Crippen LogP) is 2.20. The number of nitrogens with zero attached hydrogens (tertiary/aromatic N) is 1. The molecule has 1 aliphatic heterocycles. The lowest BCUT2D eigenvalue weighted by Gasteiger charge is -2.43. The average molecular weight is 283 g/mol. The van der Waals surface area contributed by atoms with Crippen LogP contribution in [0.5, 0.6) is 0 Å². The summed E-state index contributed by atoms with van der Waals surface area (Å²) in [5.74, 6) is 0.248. The van der Waals surface area contributed by atoms with Gasteiger partial charge in [-0.15, -0.1) is 0 Å². The SMILES string of the molecule is COC(=O)C(C)(C)CN1CCCCC1C1CCCC1O. The molecular weight excluding hydrogens is 254 g/mol. The highest BCUT2D eigenvalue weighted by atomic mass is 16.5. The van der Waals surface area contributed by atoms with Crippen molar-refractivity contribution in [2.75, 3.05) is 20.2 Å². The molecule has 1 heterocycles. The van der Waals surface area contributed by atoms with Crippen LogP contribution in [0.2, 0.25) is 0 Å². The van der Waals surface area contributed by atoms with Crippen molar-refractivity contribution in [1.82, 2.24) is 4.90 Å². The van der Waals surface area contributed by atoms with Crippen LogP contribution in [-0.2, 0) is 9.53 Å². The Morgan fingerprint density at radius 3 is 2.60 bits per heavy atom. The zero-order chi connectivity index (χ0) is 14.8. The first kappa shape index (κ1) is 15.8. The van der Waals surface area contributed by atoms with Gasteiger partial charge in [-0.1, -0.05) is 12.8 Å². The van der Waals surface area contributed by atoms with Gasteiger partial charge in [0.15, 0.2) is 0 Å². The van der Waals surface area contributed by atoms with Crippen LogP contribution in [0.1, 0.15) is 52.4 Å². The highest BCUT2D eigenvalue weighted by molar-refractivity contribution is 5.76. The minimum atomic E-state index is -0.478. The molecule has 0 radical (unpaired) electrons. The van der Waals surface area contributed by atoms with Crippen LogP contribution in [0.4, 0.5) is 0 Å². The molecule has 1 saturated carbocycles. The van der Waals surface area contributed by atoms with Crippen LogP contribution in [0.3, 0.4) is 0 Å². The Balaban J connectivity index is 2.05. The number of carbonyl (C=O) groups excluding carboxylic acids is 1. The zero-order valence-corrected chi connectivity index (χ0v) is 13.1. The first-order valence-electron chi connectivity index (χ1n) is 7.96. The van der Waals surface area contributed by atoms with Gasteiger partial charge in [0, 0.05) is 18.5 Å². The van der Waals surface area contributed by atoms with Crippen molar-refractivity contribution in [2.45, 2.75) is 64.5 Å². The van der Waals surface area contributed by atoms with E-state index in [0.717, 1.165) is 38.8 Å². The second-order valence-electron chi connectivity index (χ2n) is 7.07. The van der Waals surface area contributed by atoms with Crippen molar-refractivity contribution in [2.24, 2.45) is 11.3 Å². The van der Waals surface area contributed by atoms with Gasteiger partial charge in [-0.25, -0.2) is 0 Å². The van der Waals surface area contributed by atoms with Crippen LogP contribution < -0.4 is 0 Å². The summed E-state index contributed by atoms with van der Waals surface area (Å²) in [5, 5.41) is 10.2. The molecule has 2 fully saturated rings. The van der Waals surface area contributed by atoms with E-state index >= 15 is 0 Å². The maximum atomic E-state index is 11.9. The van der Waals surface area contributed by atoms with E-state index in [9.17, 15) is 9.90 Å². The maximum Gasteiger partial charge on any atom is 0.312 e. The monoisotopic (exact) mass is 283 g/mol. The average Bonchev–Trinajstić information content (AvgIpc) is 2.84. The lowest BCUT2D eigenvalue weighted by molar-refractivity contribution is -0.152. The quantitative estimate of drug-likeness (QED) is 0.804. The number of ether oxygens (including phenoxy) is 1. The van der Waals surface area contributed by atoms with Crippen molar-refractivity contribution >= 4 is 5.97 Å². The van der Waals surface area contributed by atoms with Gasteiger partial charge in [0.05, 0.1) is 18.6 Å². The first-order valence-corrected chi connectivity index (χ1v) is 7.96. The summed E-state index contributed by atoms with van der Waals surface area (Å²) in [4.78, 5) is 14.3. The molecule has 1 aliphatic carbocycles. The van der Waals surface area contributed by atoms with E-state index in [4.69, 9.17) is 4.74 Å². The standard InChI is InChI=1S/C16H29NO3/c1-16(2,15(19)20-3)11-17-10-5-4-8-13(17)12-7-6-9-14(12)18/h12-14,18H,4-11H2,1-3H3. The number of likely N-dealkylation sites (tertiary alicyclic amines) is 1. The summed E-state index contributed by atoms with van der Waals surface area (Å²) in [6.45, 7) is 5.67. The fraction of sp³-hybridized carbons (Fsp3) is 0.938. The maximum absolute atomic E-state index is 11.9. The van der Waals surface area contributed by atoms with Crippen molar-refractivity contribution in [3.8, 4) is 0 Å². The second-order valence-corrected chi connectivity index (χ2v) is 7.07. The summed E-state index contributed by atoms with van der Waals surface area (Å²) in [6, 6.07) is 0.435. The summed E-state index contributed by atoms with van der Waals surface area (Å²) < 4.78 is 4.92. The number of methoxy groups -OCH3 is 1. The van der Waals surface area contributed by atoms with E-state index in [1.165, 1.54) is 20.0 Å². The number of rotatable bonds is 4. The molecule has 1 N–H and O–H groups in total. The summed E-state index contributed by atoms with van der Waals surface area (Å²) in [7, 11) is 1.46. The molecule has 0 amide bonds. The highest BCUT2D eigenvalue weighted by Gasteiger charge is 2.40. The zero-order valence-electron chi connectivity index (χ0n) is 13.1. The van der Waals surface area contributed by atoms with Crippen molar-refractivity contribution in [1.29, 1.82) is 0 Å². The summed E-state index contributed by atoms with van der Waals surface area (Å²) >= 11 is 0. The number of piperidine rings is 1. The summed E-state index contributed by atoms with van der Waals surface area (Å²) in [5.41, 5.74) is -0.478. The van der Waals surface area contributed by atoms with E-state index in [1.807, 2.05) is 13.8 Å². The molecule has 4 heteroatoms. The number of esters is 1. The van der Waals surface area contributed by atoms with Crippen LogP contribution >= 0.6 is 0 Å². The van der Waals surface area contributed by atoms with Gasteiger partial charge in [0.2, 0.25) is 0 Å². The topological polar surface area (TPSA) is 49.8 Å². The third kappa shape index (κ3) is 3.34. The smallest absolute Gasteiger partial charge is 0.312 e. The van der Waals surface area contributed by atoms with E-state index in [2.05, 4.69) is 4.90 Å². The number of hydrogen-bond acceptors (Lipinski definition) is 4. The number of aliphatic hydroxyl groups is 1. The fourth-order valence-electron chi connectivity index (χ4n) is 3.96. The highest BCUT2D eigenvalue weighted by Crippen LogP contribution is 2.36. The van der Waals surface area contributed by atoms with Gasteiger partial charge in [-0.3, -0.25) is 9.69 Å². The Hall–Kier alpha value is -0.610. The molecule has 1 saturated heterocycles. The van der Waals surface area contributed by atoms with E-state index < -0.39 is 5.41 Å². The second kappa shape index (κ2) is 6.44. The minimum absolute atomic E-state index is 0.145. The molecule has 0 spiro atoms. The Labute approximate surface area is 122 Å². The Morgan fingerprint density at radius 2 is 2.00 bits per heavy atom. The molecule has 0 aromatic heterocycles. The van der Waals surface area contributed by atoms with Gasteiger partial charge >= 0.3 is 5.97 Å². The molecular formula is C16H29NO3. The first-order chi connectivity index (χ1) is 9.45. The van der Waals surface area contributed by atoms with E-state index in [0.29, 0.717) is 12.0 Å².